The first kappa shape index (κ1) is 12.7. The molecule has 1 aromatic rings. The molecular weight excluding hydrogens is 240 g/mol. The molecule has 2 bridgehead atoms. The SMILES string of the molecule is CCNc1cc(N2C3CCC2CC(O)C3)nc(C)n1. The average molecular weight is 262 g/mol. The summed E-state index contributed by atoms with van der Waals surface area (Å²) in [4.78, 5) is 11.4. The third-order valence-electron chi connectivity index (χ3n) is 4.16. The number of aryl methyl sites for hydroxylation is 1. The summed E-state index contributed by atoms with van der Waals surface area (Å²) in [6.45, 7) is 4.87. The second kappa shape index (κ2) is 4.96. The van der Waals surface area contributed by atoms with Crippen LogP contribution >= 0.6 is 0 Å². The summed E-state index contributed by atoms with van der Waals surface area (Å²) >= 11 is 0. The van der Waals surface area contributed by atoms with Crippen molar-refractivity contribution >= 4 is 11.6 Å². The Morgan fingerprint density at radius 1 is 1.32 bits per heavy atom. The van der Waals surface area contributed by atoms with E-state index in [9.17, 15) is 5.11 Å². The molecule has 3 rings (SSSR count). The van der Waals surface area contributed by atoms with E-state index in [-0.39, 0.29) is 6.10 Å². The van der Waals surface area contributed by atoms with Crippen LogP contribution < -0.4 is 10.2 Å². The van der Waals surface area contributed by atoms with E-state index in [0.29, 0.717) is 12.1 Å². The van der Waals surface area contributed by atoms with Gasteiger partial charge in [0.1, 0.15) is 17.5 Å². The first-order valence-corrected chi connectivity index (χ1v) is 7.23. The summed E-state index contributed by atoms with van der Waals surface area (Å²) in [7, 11) is 0. The Morgan fingerprint density at radius 3 is 2.63 bits per heavy atom. The van der Waals surface area contributed by atoms with Crippen molar-refractivity contribution in [2.45, 2.75) is 57.7 Å². The zero-order valence-corrected chi connectivity index (χ0v) is 11.6. The van der Waals surface area contributed by atoms with Crippen LogP contribution in [0.5, 0.6) is 0 Å². The fourth-order valence-electron chi connectivity index (χ4n) is 3.48. The Labute approximate surface area is 114 Å². The third kappa shape index (κ3) is 2.39. The van der Waals surface area contributed by atoms with Crippen molar-refractivity contribution in [3.8, 4) is 0 Å². The number of aromatic nitrogens is 2. The summed E-state index contributed by atoms with van der Waals surface area (Å²) in [6.07, 6.45) is 3.94. The molecule has 2 N–H and O–H groups in total. The molecule has 0 aliphatic carbocycles. The molecule has 5 heteroatoms. The minimum atomic E-state index is -0.134. The fourth-order valence-corrected chi connectivity index (χ4v) is 3.48. The Hall–Kier alpha value is -1.36. The number of anilines is 2. The maximum Gasteiger partial charge on any atom is 0.134 e. The molecule has 2 unspecified atom stereocenters. The molecule has 1 aromatic heterocycles. The lowest BCUT2D eigenvalue weighted by Crippen LogP contribution is -2.45. The van der Waals surface area contributed by atoms with E-state index in [4.69, 9.17) is 0 Å². The van der Waals surface area contributed by atoms with E-state index in [0.717, 1.165) is 36.8 Å². The zero-order valence-electron chi connectivity index (χ0n) is 11.6. The van der Waals surface area contributed by atoms with Crippen molar-refractivity contribution in [2.24, 2.45) is 0 Å². The highest BCUT2D eigenvalue weighted by Crippen LogP contribution is 2.38. The van der Waals surface area contributed by atoms with Gasteiger partial charge in [0.15, 0.2) is 0 Å². The topological polar surface area (TPSA) is 61.3 Å². The lowest BCUT2D eigenvalue weighted by Gasteiger charge is -2.38. The van der Waals surface area contributed by atoms with Crippen molar-refractivity contribution in [1.29, 1.82) is 0 Å². The van der Waals surface area contributed by atoms with Gasteiger partial charge in [-0.05, 0) is 39.5 Å². The van der Waals surface area contributed by atoms with Gasteiger partial charge in [-0.3, -0.25) is 0 Å². The van der Waals surface area contributed by atoms with E-state index in [1.807, 2.05) is 13.0 Å². The monoisotopic (exact) mass is 262 g/mol. The first-order chi connectivity index (χ1) is 9.17. The number of fused-ring (bicyclic) bond motifs is 2. The molecule has 5 nitrogen and oxygen atoms in total. The van der Waals surface area contributed by atoms with Gasteiger partial charge >= 0.3 is 0 Å². The predicted molar refractivity (Wildman–Crippen MR) is 75.5 cm³/mol. The van der Waals surface area contributed by atoms with Crippen LogP contribution in [0.25, 0.3) is 0 Å². The van der Waals surface area contributed by atoms with Crippen molar-refractivity contribution in [3.05, 3.63) is 11.9 Å². The van der Waals surface area contributed by atoms with E-state index < -0.39 is 0 Å². The van der Waals surface area contributed by atoms with Crippen LogP contribution in [0.1, 0.15) is 38.4 Å². The molecule has 3 heterocycles. The van der Waals surface area contributed by atoms with Crippen molar-refractivity contribution in [2.75, 3.05) is 16.8 Å². The molecule has 2 aliphatic rings. The summed E-state index contributed by atoms with van der Waals surface area (Å²) < 4.78 is 0. The van der Waals surface area contributed by atoms with Crippen LogP contribution in [0.2, 0.25) is 0 Å². The summed E-state index contributed by atoms with van der Waals surface area (Å²) in [6, 6.07) is 2.93. The first-order valence-electron chi connectivity index (χ1n) is 7.23. The number of aliphatic hydroxyl groups excluding tert-OH is 1. The van der Waals surface area contributed by atoms with Crippen LogP contribution in [-0.4, -0.2) is 39.8 Å². The van der Waals surface area contributed by atoms with Crippen molar-refractivity contribution in [3.63, 3.8) is 0 Å². The highest BCUT2D eigenvalue weighted by molar-refractivity contribution is 5.52. The Morgan fingerprint density at radius 2 is 2.00 bits per heavy atom. The quantitative estimate of drug-likeness (QED) is 0.868. The van der Waals surface area contributed by atoms with Gasteiger partial charge in [-0.2, -0.15) is 0 Å². The number of nitrogens with one attached hydrogen (secondary N) is 1. The van der Waals surface area contributed by atoms with Gasteiger partial charge < -0.3 is 15.3 Å². The van der Waals surface area contributed by atoms with Crippen molar-refractivity contribution in [1.82, 2.24) is 9.97 Å². The number of hydrogen-bond acceptors (Lipinski definition) is 5. The Balaban J connectivity index is 1.90. The average Bonchev–Trinajstić information content (AvgIpc) is 2.61. The normalized spacial score (nSPS) is 29.6. The van der Waals surface area contributed by atoms with Crippen molar-refractivity contribution < 1.29 is 5.11 Å². The van der Waals surface area contributed by atoms with E-state index in [2.05, 4.69) is 27.1 Å². The second-order valence-electron chi connectivity index (χ2n) is 5.61. The molecular formula is C14H22N4O. The lowest BCUT2D eigenvalue weighted by atomic mass is 10.00. The Bertz CT molecular complexity index is 451. The molecule has 0 amide bonds. The molecule has 2 fully saturated rings. The minimum Gasteiger partial charge on any atom is -0.393 e. The van der Waals surface area contributed by atoms with Gasteiger partial charge in [0, 0.05) is 24.7 Å². The van der Waals surface area contributed by atoms with Gasteiger partial charge in [0.2, 0.25) is 0 Å². The number of nitrogens with zero attached hydrogens (tertiary/aromatic N) is 3. The summed E-state index contributed by atoms with van der Waals surface area (Å²) in [5, 5.41) is 13.1. The van der Waals surface area contributed by atoms with E-state index in [1.165, 1.54) is 12.8 Å². The van der Waals surface area contributed by atoms with Crippen LogP contribution in [-0.2, 0) is 0 Å². The number of aliphatic hydroxyl groups is 1. The van der Waals surface area contributed by atoms with Crippen LogP contribution in [0.3, 0.4) is 0 Å². The maximum atomic E-state index is 9.88. The minimum absolute atomic E-state index is 0.134. The van der Waals surface area contributed by atoms with Gasteiger partial charge in [-0.1, -0.05) is 0 Å². The molecule has 2 saturated heterocycles. The largest absolute Gasteiger partial charge is 0.393 e. The van der Waals surface area contributed by atoms with Gasteiger partial charge in [0.05, 0.1) is 6.10 Å². The molecule has 0 spiro atoms. The standard InChI is InChI=1S/C14H22N4O/c1-3-15-13-8-14(17-9(2)16-13)18-10-4-5-11(18)7-12(19)6-10/h8,10-12,19H,3-7H2,1-2H3,(H,15,16,17). The van der Waals surface area contributed by atoms with Gasteiger partial charge in [-0.25, -0.2) is 9.97 Å². The van der Waals surface area contributed by atoms with Crippen LogP contribution in [0.4, 0.5) is 11.6 Å². The molecule has 0 saturated carbocycles. The highest BCUT2D eigenvalue weighted by atomic mass is 16.3. The van der Waals surface area contributed by atoms with Gasteiger partial charge in [0.25, 0.3) is 0 Å². The Kier molecular flexibility index (Phi) is 3.31. The second-order valence-corrected chi connectivity index (χ2v) is 5.61. The smallest absolute Gasteiger partial charge is 0.134 e. The number of hydrogen-bond donors (Lipinski definition) is 2. The highest BCUT2D eigenvalue weighted by Gasteiger charge is 2.40. The predicted octanol–water partition coefficient (Wildman–Crippen LogP) is 1.71. The lowest BCUT2D eigenvalue weighted by molar-refractivity contribution is 0.126. The van der Waals surface area contributed by atoms with Gasteiger partial charge in [-0.15, -0.1) is 0 Å². The molecule has 0 radical (unpaired) electrons. The van der Waals surface area contributed by atoms with Crippen LogP contribution in [0.15, 0.2) is 6.07 Å². The summed E-state index contributed by atoms with van der Waals surface area (Å²) in [5.41, 5.74) is 0. The molecule has 2 aliphatic heterocycles. The number of piperidine rings is 1. The molecule has 19 heavy (non-hydrogen) atoms. The zero-order chi connectivity index (χ0) is 13.4. The third-order valence-corrected chi connectivity index (χ3v) is 4.16. The van der Waals surface area contributed by atoms with E-state index >= 15 is 0 Å². The molecule has 0 aromatic carbocycles. The molecule has 2 atom stereocenters. The van der Waals surface area contributed by atoms with E-state index in [1.54, 1.807) is 0 Å². The summed E-state index contributed by atoms with van der Waals surface area (Å²) in [5.74, 6) is 2.72. The fraction of sp³-hybridized carbons (Fsp3) is 0.714. The molecule has 104 valence electrons. The van der Waals surface area contributed by atoms with Crippen LogP contribution in [0, 0.1) is 6.92 Å². The maximum absolute atomic E-state index is 9.88. The number of rotatable bonds is 3.